The Morgan fingerprint density at radius 2 is 1.79 bits per heavy atom. The molecule has 1 amide bonds. The van der Waals surface area contributed by atoms with Gasteiger partial charge in [0, 0.05) is 24.3 Å². The molecule has 1 aromatic heterocycles. The van der Waals surface area contributed by atoms with Crippen LogP contribution in [0.25, 0.3) is 0 Å². The number of morpholine rings is 1. The minimum atomic E-state index is -0.125. The zero-order chi connectivity index (χ0) is 17.9. The third-order valence-corrected chi connectivity index (χ3v) is 4.25. The number of aryl methyl sites for hydroxylation is 1. The molecule has 0 bridgehead atoms. The van der Waals surface area contributed by atoms with Gasteiger partial charge < -0.3 is 14.6 Å². The lowest BCUT2D eigenvalue weighted by Crippen LogP contribution is -2.45. The SMILES string of the molecule is CC(=O)c1c(C)[nH]c(C(=O)CN(C)CC(=O)N2CCOCC2)c1C. The summed E-state index contributed by atoms with van der Waals surface area (Å²) in [5.74, 6) is -0.186. The van der Waals surface area contributed by atoms with Crippen molar-refractivity contribution < 1.29 is 19.1 Å². The second-order valence-corrected chi connectivity index (χ2v) is 6.27. The van der Waals surface area contributed by atoms with Gasteiger partial charge in [-0.25, -0.2) is 0 Å². The number of nitrogens with zero attached hydrogens (tertiary/aromatic N) is 2. The van der Waals surface area contributed by atoms with E-state index < -0.39 is 0 Å². The molecule has 0 spiro atoms. The zero-order valence-corrected chi connectivity index (χ0v) is 14.8. The van der Waals surface area contributed by atoms with Crippen LogP contribution >= 0.6 is 0 Å². The van der Waals surface area contributed by atoms with Gasteiger partial charge in [0.25, 0.3) is 0 Å². The largest absolute Gasteiger partial charge is 0.378 e. The Morgan fingerprint density at radius 1 is 1.17 bits per heavy atom. The van der Waals surface area contributed by atoms with Crippen molar-refractivity contribution in [3.05, 3.63) is 22.5 Å². The smallest absolute Gasteiger partial charge is 0.236 e. The lowest BCUT2D eigenvalue weighted by Gasteiger charge is -2.28. The predicted octanol–water partition coefficient (Wildman–Crippen LogP) is 0.807. The number of H-pyrrole nitrogens is 1. The van der Waals surface area contributed by atoms with Crippen molar-refractivity contribution in [2.45, 2.75) is 20.8 Å². The number of carbonyl (C=O) groups excluding carboxylic acids is 3. The summed E-state index contributed by atoms with van der Waals surface area (Å²) in [4.78, 5) is 42.8. The van der Waals surface area contributed by atoms with Crippen LogP contribution in [0.1, 0.15) is 39.0 Å². The van der Waals surface area contributed by atoms with Crippen molar-refractivity contribution in [1.82, 2.24) is 14.8 Å². The van der Waals surface area contributed by atoms with E-state index in [9.17, 15) is 14.4 Å². The number of nitrogens with one attached hydrogen (secondary N) is 1. The van der Waals surface area contributed by atoms with Crippen molar-refractivity contribution in [3.63, 3.8) is 0 Å². The summed E-state index contributed by atoms with van der Waals surface area (Å²) in [6, 6.07) is 0. The maximum Gasteiger partial charge on any atom is 0.236 e. The van der Waals surface area contributed by atoms with Crippen LogP contribution in [0.3, 0.4) is 0 Å². The Hall–Kier alpha value is -1.99. The first-order valence-electron chi connectivity index (χ1n) is 8.08. The minimum absolute atomic E-state index is 0.00240. The summed E-state index contributed by atoms with van der Waals surface area (Å²) in [5, 5.41) is 0. The molecule has 7 heteroatoms. The Labute approximate surface area is 141 Å². The van der Waals surface area contributed by atoms with E-state index in [1.54, 1.807) is 30.7 Å². The third kappa shape index (κ3) is 4.10. The fraction of sp³-hybridized carbons (Fsp3) is 0.588. The minimum Gasteiger partial charge on any atom is -0.378 e. The topological polar surface area (TPSA) is 82.7 Å². The molecule has 24 heavy (non-hydrogen) atoms. The molecule has 0 saturated carbocycles. The number of amides is 1. The zero-order valence-electron chi connectivity index (χ0n) is 14.8. The molecule has 132 valence electrons. The van der Waals surface area contributed by atoms with E-state index in [2.05, 4.69) is 4.98 Å². The van der Waals surface area contributed by atoms with Crippen LogP contribution in [0.2, 0.25) is 0 Å². The van der Waals surface area contributed by atoms with E-state index in [1.165, 1.54) is 6.92 Å². The van der Waals surface area contributed by atoms with E-state index >= 15 is 0 Å². The highest BCUT2D eigenvalue weighted by atomic mass is 16.5. The number of hydrogen-bond donors (Lipinski definition) is 1. The van der Waals surface area contributed by atoms with Gasteiger partial charge in [-0.3, -0.25) is 19.3 Å². The van der Waals surface area contributed by atoms with Crippen LogP contribution in [0, 0.1) is 13.8 Å². The first-order valence-corrected chi connectivity index (χ1v) is 8.08. The van der Waals surface area contributed by atoms with Crippen molar-refractivity contribution >= 4 is 17.5 Å². The summed E-state index contributed by atoms with van der Waals surface area (Å²) >= 11 is 0. The van der Waals surface area contributed by atoms with Crippen molar-refractivity contribution in [2.75, 3.05) is 46.4 Å². The quantitative estimate of drug-likeness (QED) is 0.778. The van der Waals surface area contributed by atoms with E-state index in [0.29, 0.717) is 48.8 Å². The van der Waals surface area contributed by atoms with Gasteiger partial charge in [0.2, 0.25) is 5.91 Å². The summed E-state index contributed by atoms with van der Waals surface area (Å²) in [5.41, 5.74) is 2.40. The van der Waals surface area contributed by atoms with Gasteiger partial charge in [-0.15, -0.1) is 0 Å². The molecule has 0 unspecified atom stereocenters. The highest BCUT2D eigenvalue weighted by molar-refractivity contribution is 6.04. The highest BCUT2D eigenvalue weighted by Crippen LogP contribution is 2.19. The molecule has 0 radical (unpaired) electrons. The van der Waals surface area contributed by atoms with E-state index in [4.69, 9.17) is 4.74 Å². The molecule has 1 saturated heterocycles. The molecule has 1 aromatic rings. The van der Waals surface area contributed by atoms with Crippen LogP contribution < -0.4 is 0 Å². The molecular weight excluding hydrogens is 310 g/mol. The van der Waals surface area contributed by atoms with E-state index in [1.807, 2.05) is 0 Å². The Balaban J connectivity index is 1.97. The number of carbonyl (C=O) groups is 3. The second-order valence-electron chi connectivity index (χ2n) is 6.27. The first-order chi connectivity index (χ1) is 11.3. The van der Waals surface area contributed by atoms with Crippen molar-refractivity contribution in [2.24, 2.45) is 0 Å². The lowest BCUT2D eigenvalue weighted by atomic mass is 10.1. The van der Waals surface area contributed by atoms with Crippen LogP contribution in [0.15, 0.2) is 0 Å². The molecule has 2 heterocycles. The number of likely N-dealkylation sites (N-methyl/N-ethyl adjacent to an activating group) is 1. The lowest BCUT2D eigenvalue weighted by molar-refractivity contribution is -0.136. The Bertz CT molecular complexity index is 645. The monoisotopic (exact) mass is 335 g/mol. The number of ketones is 2. The first kappa shape index (κ1) is 18.4. The van der Waals surface area contributed by atoms with Crippen molar-refractivity contribution in [3.8, 4) is 0 Å². The molecule has 2 rings (SSSR count). The maximum atomic E-state index is 12.5. The summed E-state index contributed by atoms with van der Waals surface area (Å²) < 4.78 is 5.23. The molecule has 0 aliphatic carbocycles. The van der Waals surface area contributed by atoms with Crippen LogP contribution in [0.5, 0.6) is 0 Å². The number of Topliss-reactive ketones (excluding diaryl/α,β-unsaturated/α-hetero) is 2. The number of rotatable bonds is 6. The Kier molecular flexibility index (Phi) is 5.90. The normalized spacial score (nSPS) is 15.0. The average molecular weight is 335 g/mol. The van der Waals surface area contributed by atoms with Gasteiger partial charge >= 0.3 is 0 Å². The number of aromatic amines is 1. The van der Waals surface area contributed by atoms with Gasteiger partial charge in [0.15, 0.2) is 11.6 Å². The molecule has 0 aromatic carbocycles. The standard InChI is InChI=1S/C17H25N3O4/c1-11-16(13(3)21)12(2)18-17(11)14(22)9-19(4)10-15(23)20-5-7-24-8-6-20/h18H,5-10H2,1-4H3. The second kappa shape index (κ2) is 7.72. The fourth-order valence-corrected chi connectivity index (χ4v) is 3.08. The molecule has 1 aliphatic heterocycles. The molecular formula is C17H25N3O4. The van der Waals surface area contributed by atoms with Gasteiger partial charge in [-0.1, -0.05) is 0 Å². The number of hydrogen-bond acceptors (Lipinski definition) is 5. The number of ether oxygens (including phenoxy) is 1. The van der Waals surface area contributed by atoms with Gasteiger partial charge in [-0.2, -0.15) is 0 Å². The molecule has 1 N–H and O–H groups in total. The number of aromatic nitrogens is 1. The van der Waals surface area contributed by atoms with Crippen molar-refractivity contribution in [1.29, 1.82) is 0 Å². The Morgan fingerprint density at radius 3 is 2.33 bits per heavy atom. The van der Waals surface area contributed by atoms with Gasteiger partial charge in [0.1, 0.15) is 0 Å². The molecule has 0 atom stereocenters. The van der Waals surface area contributed by atoms with Gasteiger partial charge in [0.05, 0.1) is 32.0 Å². The third-order valence-electron chi connectivity index (χ3n) is 4.25. The van der Waals surface area contributed by atoms with E-state index in [-0.39, 0.29) is 30.6 Å². The average Bonchev–Trinajstić information content (AvgIpc) is 2.82. The summed E-state index contributed by atoms with van der Waals surface area (Å²) in [7, 11) is 1.74. The molecule has 1 aliphatic rings. The molecule has 1 fully saturated rings. The molecule has 7 nitrogen and oxygen atoms in total. The summed E-state index contributed by atoms with van der Waals surface area (Å²) in [6.45, 7) is 7.66. The predicted molar refractivity (Wildman–Crippen MR) is 89.5 cm³/mol. The van der Waals surface area contributed by atoms with Gasteiger partial charge in [-0.05, 0) is 33.4 Å². The summed E-state index contributed by atoms with van der Waals surface area (Å²) in [6.07, 6.45) is 0. The highest BCUT2D eigenvalue weighted by Gasteiger charge is 2.23. The fourth-order valence-electron chi connectivity index (χ4n) is 3.08. The van der Waals surface area contributed by atoms with Crippen LogP contribution in [-0.4, -0.2) is 78.7 Å². The maximum absolute atomic E-state index is 12.5. The van der Waals surface area contributed by atoms with E-state index in [0.717, 1.165) is 0 Å². The van der Waals surface area contributed by atoms with Crippen LogP contribution in [0.4, 0.5) is 0 Å². The van der Waals surface area contributed by atoms with Crippen LogP contribution in [-0.2, 0) is 9.53 Å².